The molecule has 1 unspecified atom stereocenters. The van der Waals surface area contributed by atoms with Crippen molar-refractivity contribution in [2.45, 2.75) is 56.9 Å². The van der Waals surface area contributed by atoms with Gasteiger partial charge in [0.2, 0.25) is 11.8 Å². The van der Waals surface area contributed by atoms with Crippen molar-refractivity contribution < 1.29 is 9.59 Å². The third kappa shape index (κ3) is 3.74. The third-order valence-electron chi connectivity index (χ3n) is 5.35. The molecule has 0 aromatic heterocycles. The minimum absolute atomic E-state index is 0.0192. The van der Waals surface area contributed by atoms with E-state index in [9.17, 15) is 9.59 Å². The van der Waals surface area contributed by atoms with Crippen LogP contribution in [0.15, 0.2) is 30.3 Å². The number of carbonyl (C=O) groups excluding carboxylic acids is 2. The standard InChI is InChI=1S/C19H26N2O2/c1-14(22)21-17(15-7-5-6-8-15)18(23)20-13-19(11-12-19)16-9-3-2-4-10-16/h2-4,9-10,15,17H,5-8,11-13H2,1H3,(H,20,23)(H,21,22). The zero-order chi connectivity index (χ0) is 16.3. The van der Waals surface area contributed by atoms with E-state index in [0.29, 0.717) is 6.54 Å². The number of amides is 2. The Morgan fingerprint density at radius 2 is 1.83 bits per heavy atom. The molecule has 2 saturated carbocycles. The van der Waals surface area contributed by atoms with Gasteiger partial charge < -0.3 is 10.6 Å². The lowest BCUT2D eigenvalue weighted by Crippen LogP contribution is -2.51. The molecule has 0 spiro atoms. The molecule has 1 aromatic rings. The molecule has 0 aliphatic heterocycles. The molecule has 1 aromatic carbocycles. The number of hydrogen-bond donors (Lipinski definition) is 2. The summed E-state index contributed by atoms with van der Waals surface area (Å²) in [5.74, 6) is 0.140. The molecule has 2 aliphatic rings. The van der Waals surface area contributed by atoms with Crippen LogP contribution in [0.5, 0.6) is 0 Å². The number of carbonyl (C=O) groups is 2. The molecule has 3 rings (SSSR count). The van der Waals surface area contributed by atoms with Gasteiger partial charge in [0.05, 0.1) is 0 Å². The summed E-state index contributed by atoms with van der Waals surface area (Å²) in [5, 5.41) is 5.98. The first kappa shape index (κ1) is 16.0. The van der Waals surface area contributed by atoms with Crippen LogP contribution in [-0.4, -0.2) is 24.4 Å². The largest absolute Gasteiger partial charge is 0.353 e. The van der Waals surface area contributed by atoms with Gasteiger partial charge >= 0.3 is 0 Å². The fourth-order valence-corrected chi connectivity index (χ4v) is 3.78. The maximum absolute atomic E-state index is 12.6. The highest BCUT2D eigenvalue weighted by Gasteiger charge is 2.44. The molecule has 23 heavy (non-hydrogen) atoms. The Bertz CT molecular complexity index is 560. The molecule has 2 N–H and O–H groups in total. The Labute approximate surface area is 138 Å². The van der Waals surface area contributed by atoms with Gasteiger partial charge in [0.1, 0.15) is 6.04 Å². The van der Waals surface area contributed by atoms with Crippen LogP contribution >= 0.6 is 0 Å². The second-order valence-electron chi connectivity index (χ2n) is 7.09. The molecule has 2 aliphatic carbocycles. The lowest BCUT2D eigenvalue weighted by molar-refractivity contribution is -0.129. The summed E-state index contributed by atoms with van der Waals surface area (Å²) in [6.07, 6.45) is 6.60. The number of hydrogen-bond acceptors (Lipinski definition) is 2. The molecule has 1 atom stereocenters. The highest BCUT2D eigenvalue weighted by molar-refractivity contribution is 5.87. The van der Waals surface area contributed by atoms with E-state index in [1.54, 1.807) is 0 Å². The molecule has 2 amide bonds. The number of benzene rings is 1. The highest BCUT2D eigenvalue weighted by atomic mass is 16.2. The summed E-state index contributed by atoms with van der Waals surface area (Å²) < 4.78 is 0. The van der Waals surface area contributed by atoms with Crippen LogP contribution in [0, 0.1) is 5.92 Å². The zero-order valence-electron chi connectivity index (χ0n) is 13.8. The molecule has 0 heterocycles. The van der Waals surface area contributed by atoms with E-state index in [1.807, 2.05) is 6.07 Å². The van der Waals surface area contributed by atoms with Crippen molar-refractivity contribution in [3.05, 3.63) is 35.9 Å². The first-order valence-corrected chi connectivity index (χ1v) is 8.71. The predicted molar refractivity (Wildman–Crippen MR) is 89.9 cm³/mol. The smallest absolute Gasteiger partial charge is 0.242 e. The Balaban J connectivity index is 1.61. The van der Waals surface area contributed by atoms with Gasteiger partial charge in [-0.05, 0) is 37.2 Å². The van der Waals surface area contributed by atoms with Gasteiger partial charge in [-0.3, -0.25) is 9.59 Å². The van der Waals surface area contributed by atoms with Gasteiger partial charge in [0.25, 0.3) is 0 Å². The van der Waals surface area contributed by atoms with Crippen LogP contribution in [0.2, 0.25) is 0 Å². The van der Waals surface area contributed by atoms with Crippen molar-refractivity contribution in [3.8, 4) is 0 Å². The van der Waals surface area contributed by atoms with Crippen molar-refractivity contribution in [1.82, 2.24) is 10.6 Å². The fourth-order valence-electron chi connectivity index (χ4n) is 3.78. The van der Waals surface area contributed by atoms with Gasteiger partial charge in [-0.15, -0.1) is 0 Å². The Morgan fingerprint density at radius 3 is 2.39 bits per heavy atom. The lowest BCUT2D eigenvalue weighted by atomic mass is 9.94. The van der Waals surface area contributed by atoms with Gasteiger partial charge in [-0.2, -0.15) is 0 Å². The van der Waals surface area contributed by atoms with Crippen molar-refractivity contribution in [2.24, 2.45) is 5.92 Å². The van der Waals surface area contributed by atoms with Gasteiger partial charge in [-0.1, -0.05) is 43.2 Å². The van der Waals surface area contributed by atoms with E-state index >= 15 is 0 Å². The minimum atomic E-state index is -0.374. The van der Waals surface area contributed by atoms with Crippen LogP contribution in [-0.2, 0) is 15.0 Å². The SMILES string of the molecule is CC(=O)NC(C(=O)NCC1(c2ccccc2)CC1)C1CCCC1. The molecule has 0 radical (unpaired) electrons. The highest BCUT2D eigenvalue weighted by Crippen LogP contribution is 2.47. The monoisotopic (exact) mass is 314 g/mol. The second-order valence-corrected chi connectivity index (χ2v) is 7.09. The molecule has 0 bridgehead atoms. The van der Waals surface area contributed by atoms with Crippen molar-refractivity contribution in [1.29, 1.82) is 0 Å². The molecular weight excluding hydrogens is 288 g/mol. The zero-order valence-corrected chi connectivity index (χ0v) is 13.8. The van der Waals surface area contributed by atoms with Gasteiger partial charge in [0, 0.05) is 18.9 Å². The molecule has 2 fully saturated rings. The van der Waals surface area contributed by atoms with Crippen LogP contribution in [0.4, 0.5) is 0 Å². The van der Waals surface area contributed by atoms with Crippen LogP contribution in [0.3, 0.4) is 0 Å². The van der Waals surface area contributed by atoms with Crippen LogP contribution < -0.4 is 10.6 Å². The quantitative estimate of drug-likeness (QED) is 0.848. The molecule has 4 nitrogen and oxygen atoms in total. The van der Waals surface area contributed by atoms with E-state index in [0.717, 1.165) is 38.5 Å². The third-order valence-corrected chi connectivity index (χ3v) is 5.35. The Morgan fingerprint density at radius 1 is 1.17 bits per heavy atom. The fraction of sp³-hybridized carbons (Fsp3) is 0.579. The minimum Gasteiger partial charge on any atom is -0.353 e. The average Bonchev–Trinajstić information content (AvgIpc) is 3.16. The van der Waals surface area contributed by atoms with E-state index in [4.69, 9.17) is 0 Å². The van der Waals surface area contributed by atoms with Gasteiger partial charge in [0.15, 0.2) is 0 Å². The summed E-state index contributed by atoms with van der Waals surface area (Å²) >= 11 is 0. The normalized spacial score (nSPS) is 20.7. The number of rotatable bonds is 6. The van der Waals surface area contributed by atoms with Crippen LogP contribution in [0.25, 0.3) is 0 Å². The summed E-state index contributed by atoms with van der Waals surface area (Å²) in [5.41, 5.74) is 1.41. The molecule has 124 valence electrons. The summed E-state index contributed by atoms with van der Waals surface area (Å²) in [7, 11) is 0. The van der Waals surface area contributed by atoms with Crippen molar-refractivity contribution in [3.63, 3.8) is 0 Å². The molecular formula is C19H26N2O2. The Hall–Kier alpha value is -1.84. The second kappa shape index (κ2) is 6.73. The number of nitrogens with one attached hydrogen (secondary N) is 2. The summed E-state index contributed by atoms with van der Waals surface area (Å²) in [6.45, 7) is 2.15. The van der Waals surface area contributed by atoms with Crippen LogP contribution in [0.1, 0.15) is 51.0 Å². The molecule has 0 saturated heterocycles. The van der Waals surface area contributed by atoms with Crippen molar-refractivity contribution >= 4 is 11.8 Å². The van der Waals surface area contributed by atoms with Crippen molar-refractivity contribution in [2.75, 3.05) is 6.54 Å². The predicted octanol–water partition coefficient (Wildman–Crippen LogP) is 2.53. The topological polar surface area (TPSA) is 58.2 Å². The lowest BCUT2D eigenvalue weighted by Gasteiger charge is -2.25. The first-order chi connectivity index (χ1) is 11.1. The van der Waals surface area contributed by atoms with E-state index < -0.39 is 0 Å². The van der Waals surface area contributed by atoms with E-state index in [2.05, 4.69) is 34.9 Å². The average molecular weight is 314 g/mol. The summed E-state index contributed by atoms with van der Waals surface area (Å²) in [4.78, 5) is 24.1. The Kier molecular flexibility index (Phi) is 4.69. The van der Waals surface area contributed by atoms with E-state index in [1.165, 1.54) is 12.5 Å². The first-order valence-electron chi connectivity index (χ1n) is 8.71. The molecule has 4 heteroatoms. The summed E-state index contributed by atoms with van der Waals surface area (Å²) in [6, 6.07) is 10.0. The maximum Gasteiger partial charge on any atom is 0.242 e. The van der Waals surface area contributed by atoms with Gasteiger partial charge in [-0.25, -0.2) is 0 Å². The maximum atomic E-state index is 12.6. The van der Waals surface area contributed by atoms with E-state index in [-0.39, 0.29) is 29.2 Å².